The van der Waals surface area contributed by atoms with Crippen molar-refractivity contribution in [1.29, 1.82) is 0 Å². The highest BCUT2D eigenvalue weighted by Crippen LogP contribution is 1.91. The first-order valence-corrected chi connectivity index (χ1v) is 5.55. The number of hydrogen-bond acceptors (Lipinski definition) is 6. The first-order chi connectivity index (χ1) is 9.30. The van der Waals surface area contributed by atoms with E-state index in [-0.39, 0.29) is 0 Å². The maximum Gasteiger partial charge on any atom is 0.335 e. The number of rotatable bonds is 0. The summed E-state index contributed by atoms with van der Waals surface area (Å²) in [6.45, 7) is 1.14. The standard InChI is InChI=1S/C4H2N2O2.C4H4N2.C4H7N/c7-3-1-2-5-6-4(3)8;1-2-6-4-3-5-1;1-2-4-5-3-1/h1-2H;1-4H;1,3,5H,2,4H2. The molecule has 19 heavy (non-hydrogen) atoms. The van der Waals surface area contributed by atoms with Gasteiger partial charge in [0.05, 0.1) is 6.20 Å². The van der Waals surface area contributed by atoms with Crippen LogP contribution in [-0.2, 0) is 9.59 Å². The molecule has 0 unspecified atom stereocenters. The van der Waals surface area contributed by atoms with Gasteiger partial charge in [0.1, 0.15) is 0 Å². The number of nitrogens with zero attached hydrogens (tertiary/aromatic N) is 4. The zero-order valence-electron chi connectivity index (χ0n) is 10.1. The largest absolute Gasteiger partial charge is 0.391 e. The van der Waals surface area contributed by atoms with Gasteiger partial charge in [0.2, 0.25) is 5.78 Å². The van der Waals surface area contributed by atoms with Crippen molar-refractivity contribution >= 4 is 11.7 Å². The minimum Gasteiger partial charge on any atom is -0.391 e. The van der Waals surface area contributed by atoms with Crippen LogP contribution in [-0.4, -0.2) is 28.2 Å². The van der Waals surface area contributed by atoms with E-state index in [1.54, 1.807) is 24.8 Å². The molecule has 0 aliphatic carbocycles. The van der Waals surface area contributed by atoms with Crippen molar-refractivity contribution in [3.8, 4) is 0 Å². The van der Waals surface area contributed by atoms with E-state index in [4.69, 9.17) is 0 Å². The Hall–Kier alpha value is -2.70. The minimum atomic E-state index is -0.799. The van der Waals surface area contributed by atoms with Crippen molar-refractivity contribution in [2.45, 2.75) is 6.42 Å². The fraction of sp³-hybridized carbons (Fsp3) is 0.167. The molecule has 0 saturated heterocycles. The normalized spacial score (nSPS) is 14.9. The maximum absolute atomic E-state index is 10.2. The second-order valence-electron chi connectivity index (χ2n) is 3.24. The predicted molar refractivity (Wildman–Crippen MR) is 67.8 cm³/mol. The molecular weight excluding hydrogens is 246 g/mol. The summed E-state index contributed by atoms with van der Waals surface area (Å²) >= 11 is 0. The van der Waals surface area contributed by atoms with Gasteiger partial charge in [-0.25, -0.2) is 0 Å². The quantitative estimate of drug-likeness (QED) is 0.702. The number of carbonyl (C=O) groups excluding carboxylic acids is 2. The lowest BCUT2D eigenvalue weighted by Crippen LogP contribution is -2.08. The Kier molecular flexibility index (Phi) is 7.06. The van der Waals surface area contributed by atoms with Crippen LogP contribution in [0.5, 0.6) is 0 Å². The molecule has 2 aliphatic rings. The summed E-state index contributed by atoms with van der Waals surface area (Å²) in [5.74, 6) is -1.41. The minimum absolute atomic E-state index is 0.611. The second-order valence-corrected chi connectivity index (χ2v) is 3.24. The van der Waals surface area contributed by atoms with Crippen LogP contribution in [0.25, 0.3) is 0 Å². The Labute approximate surface area is 110 Å². The van der Waals surface area contributed by atoms with Crippen molar-refractivity contribution in [2.24, 2.45) is 10.2 Å². The Bertz CT molecular complexity index is 427. The van der Waals surface area contributed by atoms with Gasteiger partial charge in [0, 0.05) is 37.4 Å². The van der Waals surface area contributed by atoms with E-state index in [9.17, 15) is 9.59 Å². The van der Waals surface area contributed by atoms with Crippen molar-refractivity contribution in [3.63, 3.8) is 0 Å². The third-order valence-electron chi connectivity index (χ3n) is 1.82. The molecule has 0 radical (unpaired) electrons. The van der Waals surface area contributed by atoms with Crippen LogP contribution < -0.4 is 5.32 Å². The number of nitrogens with one attached hydrogen (secondary N) is 1. The van der Waals surface area contributed by atoms with Crippen LogP contribution in [0.3, 0.4) is 0 Å². The van der Waals surface area contributed by atoms with E-state index in [0.29, 0.717) is 0 Å². The summed E-state index contributed by atoms with van der Waals surface area (Å²) in [5, 5.41) is 9.18. The highest BCUT2D eigenvalue weighted by atomic mass is 16.2. The Morgan fingerprint density at radius 3 is 2.00 bits per heavy atom. The molecule has 0 fully saturated rings. The summed E-state index contributed by atoms with van der Waals surface area (Å²) in [5.41, 5.74) is 0. The summed E-state index contributed by atoms with van der Waals surface area (Å²) in [6.07, 6.45) is 14.1. The molecule has 0 spiro atoms. The monoisotopic (exact) mass is 259 g/mol. The van der Waals surface area contributed by atoms with Gasteiger partial charge in [-0.1, -0.05) is 6.08 Å². The average Bonchev–Trinajstić information content (AvgIpc) is 3.04. The van der Waals surface area contributed by atoms with E-state index >= 15 is 0 Å². The van der Waals surface area contributed by atoms with Crippen LogP contribution in [0.1, 0.15) is 6.42 Å². The molecule has 1 aromatic rings. The summed E-state index contributed by atoms with van der Waals surface area (Å²) in [4.78, 5) is 27.8. The molecule has 0 atom stereocenters. The van der Waals surface area contributed by atoms with Crippen LogP contribution in [0, 0.1) is 0 Å². The zero-order valence-corrected chi connectivity index (χ0v) is 10.1. The summed E-state index contributed by atoms with van der Waals surface area (Å²) < 4.78 is 0. The van der Waals surface area contributed by atoms with Crippen molar-refractivity contribution in [3.05, 3.63) is 49.3 Å². The maximum atomic E-state index is 10.2. The molecule has 2 aliphatic heterocycles. The van der Waals surface area contributed by atoms with Gasteiger partial charge in [-0.2, -0.15) is 5.11 Å². The molecule has 3 rings (SSSR count). The SMILES string of the molecule is C1=CNCC1.O=C1C=CN=NC1=O.c1cnccn1. The Morgan fingerprint density at radius 1 is 1.05 bits per heavy atom. The van der Waals surface area contributed by atoms with Crippen molar-refractivity contribution in [2.75, 3.05) is 6.54 Å². The van der Waals surface area contributed by atoms with Gasteiger partial charge in [-0.15, -0.1) is 5.11 Å². The zero-order chi connectivity index (χ0) is 13.8. The van der Waals surface area contributed by atoms with E-state index in [1.807, 2.05) is 6.20 Å². The van der Waals surface area contributed by atoms with E-state index in [0.717, 1.165) is 12.6 Å². The molecular formula is C12H13N5O2. The van der Waals surface area contributed by atoms with Crippen molar-refractivity contribution in [1.82, 2.24) is 15.3 Å². The number of ketones is 1. The number of carbonyl (C=O) groups is 2. The second kappa shape index (κ2) is 9.34. The van der Waals surface area contributed by atoms with Gasteiger partial charge in [-0.05, 0) is 12.6 Å². The van der Waals surface area contributed by atoms with Gasteiger partial charge < -0.3 is 5.32 Å². The van der Waals surface area contributed by atoms with E-state index in [2.05, 4.69) is 31.6 Å². The van der Waals surface area contributed by atoms with Crippen LogP contribution >= 0.6 is 0 Å². The fourth-order valence-electron chi connectivity index (χ4n) is 0.977. The molecule has 1 aromatic heterocycles. The third-order valence-corrected chi connectivity index (χ3v) is 1.82. The number of aromatic nitrogens is 2. The third kappa shape index (κ3) is 7.27. The highest BCUT2D eigenvalue weighted by molar-refractivity contribution is 6.41. The Balaban J connectivity index is 0.000000147. The number of amides is 1. The smallest absolute Gasteiger partial charge is 0.335 e. The fourth-order valence-corrected chi connectivity index (χ4v) is 0.977. The molecule has 1 amide bonds. The molecule has 1 N–H and O–H groups in total. The summed E-state index contributed by atoms with van der Waals surface area (Å²) in [6, 6.07) is 0. The van der Waals surface area contributed by atoms with Crippen molar-refractivity contribution < 1.29 is 9.59 Å². The molecule has 0 bridgehead atoms. The number of azo groups is 1. The predicted octanol–water partition coefficient (Wildman–Crippen LogP) is 1.03. The lowest BCUT2D eigenvalue weighted by atomic mass is 10.3. The molecule has 0 aromatic carbocycles. The van der Waals surface area contributed by atoms with Crippen LogP contribution in [0.15, 0.2) is 59.6 Å². The number of hydrogen-bond donors (Lipinski definition) is 1. The first kappa shape index (κ1) is 14.4. The van der Waals surface area contributed by atoms with Gasteiger partial charge in [0.15, 0.2) is 0 Å². The lowest BCUT2D eigenvalue weighted by molar-refractivity contribution is -0.133. The first-order valence-electron chi connectivity index (χ1n) is 5.55. The van der Waals surface area contributed by atoms with Gasteiger partial charge >= 0.3 is 5.91 Å². The topological polar surface area (TPSA) is 96.7 Å². The summed E-state index contributed by atoms with van der Waals surface area (Å²) in [7, 11) is 0. The van der Waals surface area contributed by atoms with Gasteiger partial charge in [-0.3, -0.25) is 19.6 Å². The molecule has 3 heterocycles. The molecule has 7 heteroatoms. The van der Waals surface area contributed by atoms with Crippen LogP contribution in [0.2, 0.25) is 0 Å². The lowest BCUT2D eigenvalue weighted by Gasteiger charge is -1.86. The van der Waals surface area contributed by atoms with Gasteiger partial charge in [0.25, 0.3) is 0 Å². The highest BCUT2D eigenvalue weighted by Gasteiger charge is 2.10. The average molecular weight is 259 g/mol. The van der Waals surface area contributed by atoms with E-state index < -0.39 is 11.7 Å². The molecule has 0 saturated carbocycles. The Morgan fingerprint density at radius 2 is 1.74 bits per heavy atom. The van der Waals surface area contributed by atoms with Crippen LogP contribution in [0.4, 0.5) is 0 Å². The molecule has 98 valence electrons. The van der Waals surface area contributed by atoms with E-state index in [1.165, 1.54) is 12.6 Å². The molecule has 7 nitrogen and oxygen atoms in total.